The van der Waals surface area contributed by atoms with Gasteiger partial charge in [0.05, 0.1) is 0 Å². The fourth-order valence-corrected chi connectivity index (χ4v) is 8.22. The average molecular weight is 377 g/mol. The molecule has 1 fully saturated rings. The minimum atomic E-state index is -1.62. The van der Waals surface area contributed by atoms with Gasteiger partial charge in [0, 0.05) is 24.4 Å². The summed E-state index contributed by atoms with van der Waals surface area (Å²) in [5.41, 5.74) is 1.01. The molecule has 0 aromatic carbocycles. The van der Waals surface area contributed by atoms with E-state index in [0.29, 0.717) is 11.1 Å². The zero-order chi connectivity index (χ0) is 18.4. The summed E-state index contributed by atoms with van der Waals surface area (Å²) in [4.78, 5) is 0. The molecule has 0 radical (unpaired) electrons. The van der Waals surface area contributed by atoms with Crippen LogP contribution in [0.2, 0.25) is 11.1 Å². The van der Waals surface area contributed by atoms with Crippen molar-refractivity contribution in [3.63, 3.8) is 0 Å². The molecule has 1 aliphatic rings. The number of hydrogen-bond donors (Lipinski definition) is 0. The standard InChI is InChI=1S/C18H40O4Si2/c1-9-19-23(21-17(3,4)5)15-11-13-16(14-12-15)24(20-10-2)22-18(6,7)8/h15-16,23-24H,9-14H2,1-8H3. The van der Waals surface area contributed by atoms with Crippen LogP contribution >= 0.6 is 0 Å². The Kier molecular flexibility index (Phi) is 9.14. The van der Waals surface area contributed by atoms with Crippen LogP contribution in [-0.2, 0) is 17.7 Å². The van der Waals surface area contributed by atoms with Crippen molar-refractivity contribution in [3.05, 3.63) is 0 Å². The molecule has 0 heterocycles. The molecule has 0 amide bonds. The summed E-state index contributed by atoms with van der Waals surface area (Å²) in [6.07, 6.45) is 4.78. The van der Waals surface area contributed by atoms with Gasteiger partial charge in [-0.05, 0) is 92.2 Å². The fraction of sp³-hybridized carbons (Fsp3) is 1.00. The number of rotatable bonds is 8. The van der Waals surface area contributed by atoms with Crippen LogP contribution in [0.4, 0.5) is 0 Å². The molecule has 0 N–H and O–H groups in total. The highest BCUT2D eigenvalue weighted by molar-refractivity contribution is 6.48. The van der Waals surface area contributed by atoms with Crippen molar-refractivity contribution in [2.45, 2.75) is 103 Å². The third-order valence-electron chi connectivity index (χ3n) is 4.19. The highest BCUT2D eigenvalue weighted by Gasteiger charge is 2.38. The molecule has 1 aliphatic carbocycles. The van der Waals surface area contributed by atoms with Gasteiger partial charge in [0.2, 0.25) is 0 Å². The van der Waals surface area contributed by atoms with Crippen LogP contribution in [0.3, 0.4) is 0 Å². The summed E-state index contributed by atoms with van der Waals surface area (Å²) < 4.78 is 24.7. The summed E-state index contributed by atoms with van der Waals surface area (Å²) >= 11 is 0. The summed E-state index contributed by atoms with van der Waals surface area (Å²) in [5, 5.41) is 0. The van der Waals surface area contributed by atoms with Crippen LogP contribution < -0.4 is 0 Å². The maximum atomic E-state index is 6.31. The zero-order valence-electron chi connectivity index (χ0n) is 17.2. The lowest BCUT2D eigenvalue weighted by molar-refractivity contribution is 0.0688. The smallest absolute Gasteiger partial charge is 0.325 e. The normalized spacial score (nSPS) is 25.5. The Morgan fingerprint density at radius 2 is 0.958 bits per heavy atom. The Hall–Kier alpha value is 0.274. The van der Waals surface area contributed by atoms with Crippen LogP contribution in [0.15, 0.2) is 0 Å². The van der Waals surface area contributed by atoms with Crippen molar-refractivity contribution in [1.82, 2.24) is 0 Å². The highest BCUT2D eigenvalue weighted by Crippen LogP contribution is 2.41. The van der Waals surface area contributed by atoms with E-state index in [1.54, 1.807) is 0 Å². The maximum absolute atomic E-state index is 6.31. The Labute approximate surface area is 153 Å². The van der Waals surface area contributed by atoms with Crippen molar-refractivity contribution in [3.8, 4) is 0 Å². The van der Waals surface area contributed by atoms with E-state index >= 15 is 0 Å². The quantitative estimate of drug-likeness (QED) is 0.587. The molecule has 1 rings (SSSR count). The Morgan fingerprint density at radius 1 is 0.667 bits per heavy atom. The summed E-state index contributed by atoms with van der Waals surface area (Å²) in [6.45, 7) is 18.5. The van der Waals surface area contributed by atoms with Gasteiger partial charge in [0.1, 0.15) is 0 Å². The third-order valence-corrected chi connectivity index (χ3v) is 10.3. The molecular formula is C18H40O4Si2. The minimum Gasteiger partial charge on any atom is -0.397 e. The van der Waals surface area contributed by atoms with Crippen LogP contribution in [0.5, 0.6) is 0 Å². The lowest BCUT2D eigenvalue weighted by atomic mass is 9.99. The summed E-state index contributed by atoms with van der Waals surface area (Å²) in [5.74, 6) is 0. The molecule has 6 heteroatoms. The highest BCUT2D eigenvalue weighted by atomic mass is 28.3. The average Bonchev–Trinajstić information content (AvgIpc) is 2.44. The van der Waals surface area contributed by atoms with Crippen molar-refractivity contribution in [2.24, 2.45) is 0 Å². The van der Waals surface area contributed by atoms with Crippen molar-refractivity contribution in [1.29, 1.82) is 0 Å². The number of hydrogen-bond acceptors (Lipinski definition) is 4. The second-order valence-corrected chi connectivity index (χ2v) is 13.3. The van der Waals surface area contributed by atoms with Gasteiger partial charge >= 0.3 is 18.6 Å². The molecule has 0 bridgehead atoms. The molecule has 4 nitrogen and oxygen atoms in total. The van der Waals surface area contributed by atoms with E-state index < -0.39 is 18.6 Å². The van der Waals surface area contributed by atoms with Crippen LogP contribution in [0.25, 0.3) is 0 Å². The van der Waals surface area contributed by atoms with Gasteiger partial charge in [0.25, 0.3) is 0 Å². The lowest BCUT2D eigenvalue weighted by Gasteiger charge is -2.38. The SMILES string of the molecule is CCO[SiH](OC(C)(C)C)C1CCC([SiH](OCC)OC(C)(C)C)CC1. The molecule has 0 saturated heterocycles. The summed E-state index contributed by atoms with van der Waals surface area (Å²) in [6, 6.07) is 0. The predicted molar refractivity (Wildman–Crippen MR) is 105 cm³/mol. The summed E-state index contributed by atoms with van der Waals surface area (Å²) in [7, 11) is -3.25. The Morgan fingerprint density at radius 3 is 1.17 bits per heavy atom. The third kappa shape index (κ3) is 8.58. The van der Waals surface area contributed by atoms with E-state index in [1.165, 1.54) is 25.7 Å². The zero-order valence-corrected chi connectivity index (χ0v) is 19.5. The van der Waals surface area contributed by atoms with Gasteiger partial charge in [-0.3, -0.25) is 0 Å². The van der Waals surface area contributed by atoms with E-state index in [-0.39, 0.29) is 11.2 Å². The van der Waals surface area contributed by atoms with Crippen LogP contribution in [0.1, 0.15) is 81.1 Å². The molecule has 0 aromatic heterocycles. The first-order valence-electron chi connectivity index (χ1n) is 9.64. The molecular weight excluding hydrogens is 336 g/mol. The molecule has 0 aliphatic heterocycles. The first-order chi connectivity index (χ1) is 11.1. The molecule has 1 saturated carbocycles. The van der Waals surface area contributed by atoms with Gasteiger partial charge in [0.15, 0.2) is 0 Å². The van der Waals surface area contributed by atoms with Crippen molar-refractivity contribution in [2.75, 3.05) is 13.2 Å². The van der Waals surface area contributed by atoms with E-state index in [2.05, 4.69) is 55.4 Å². The van der Waals surface area contributed by atoms with E-state index in [9.17, 15) is 0 Å². The van der Waals surface area contributed by atoms with Gasteiger partial charge < -0.3 is 17.7 Å². The molecule has 144 valence electrons. The second kappa shape index (κ2) is 9.83. The molecule has 0 aromatic rings. The van der Waals surface area contributed by atoms with Crippen LogP contribution in [0, 0.1) is 0 Å². The van der Waals surface area contributed by atoms with Gasteiger partial charge in [-0.2, -0.15) is 0 Å². The van der Waals surface area contributed by atoms with Crippen molar-refractivity contribution < 1.29 is 17.7 Å². The molecule has 24 heavy (non-hydrogen) atoms. The van der Waals surface area contributed by atoms with Gasteiger partial charge in [-0.15, -0.1) is 0 Å². The Bertz CT molecular complexity index is 310. The van der Waals surface area contributed by atoms with E-state index in [4.69, 9.17) is 17.7 Å². The van der Waals surface area contributed by atoms with E-state index in [1.807, 2.05) is 0 Å². The second-order valence-electron chi connectivity index (χ2n) is 8.78. The topological polar surface area (TPSA) is 36.9 Å². The molecule has 2 atom stereocenters. The minimum absolute atomic E-state index is 0.110. The predicted octanol–water partition coefficient (Wildman–Crippen LogP) is 4.45. The Balaban J connectivity index is 2.61. The monoisotopic (exact) mass is 376 g/mol. The van der Waals surface area contributed by atoms with E-state index in [0.717, 1.165) is 13.2 Å². The molecule has 0 spiro atoms. The van der Waals surface area contributed by atoms with Gasteiger partial charge in [-0.1, -0.05) is 0 Å². The first kappa shape index (κ1) is 22.3. The molecule has 2 unspecified atom stereocenters. The van der Waals surface area contributed by atoms with Crippen molar-refractivity contribution >= 4 is 18.6 Å². The largest absolute Gasteiger partial charge is 0.397 e. The van der Waals surface area contributed by atoms with Gasteiger partial charge in [-0.25, -0.2) is 0 Å². The fourth-order valence-electron chi connectivity index (χ4n) is 3.25. The van der Waals surface area contributed by atoms with Crippen LogP contribution in [-0.4, -0.2) is 43.0 Å². The first-order valence-corrected chi connectivity index (χ1v) is 12.9. The maximum Gasteiger partial charge on any atom is 0.325 e. The lowest BCUT2D eigenvalue weighted by Crippen LogP contribution is -2.41.